The molecule has 1 amide bonds. The summed E-state index contributed by atoms with van der Waals surface area (Å²) in [7, 11) is 0. The van der Waals surface area contributed by atoms with Gasteiger partial charge in [0.15, 0.2) is 0 Å². The molecule has 1 fully saturated rings. The fourth-order valence-corrected chi connectivity index (χ4v) is 3.71. The second kappa shape index (κ2) is 9.78. The lowest BCUT2D eigenvalue weighted by atomic mass is 9.95. The summed E-state index contributed by atoms with van der Waals surface area (Å²) in [5.74, 6) is -1.06. The van der Waals surface area contributed by atoms with Crippen molar-refractivity contribution in [3.8, 4) is 5.75 Å². The minimum Gasteiger partial charge on any atom is -0.507 e. The summed E-state index contributed by atoms with van der Waals surface area (Å²) in [5, 5.41) is 20.3. The van der Waals surface area contributed by atoms with E-state index in [4.69, 9.17) is 21.4 Å². The van der Waals surface area contributed by atoms with Crippen LogP contribution in [0.1, 0.15) is 36.9 Å². The molecule has 30 heavy (non-hydrogen) atoms. The highest BCUT2D eigenvalue weighted by Crippen LogP contribution is 2.40. The van der Waals surface area contributed by atoms with Crippen molar-refractivity contribution in [1.29, 1.82) is 0 Å². The predicted octanol–water partition coefficient (Wildman–Crippen LogP) is 3.93. The van der Waals surface area contributed by atoms with Gasteiger partial charge in [0.2, 0.25) is 0 Å². The number of ether oxygens (including phenoxy) is 1. The lowest BCUT2D eigenvalue weighted by Gasteiger charge is -2.25. The molecule has 0 spiro atoms. The van der Waals surface area contributed by atoms with E-state index in [0.717, 1.165) is 0 Å². The number of ketones is 1. The van der Waals surface area contributed by atoms with E-state index in [2.05, 4.69) is 0 Å². The van der Waals surface area contributed by atoms with Crippen LogP contribution in [0.15, 0.2) is 54.1 Å². The van der Waals surface area contributed by atoms with E-state index in [0.29, 0.717) is 47.9 Å². The lowest BCUT2D eigenvalue weighted by molar-refractivity contribution is -0.139. The number of halogens is 1. The van der Waals surface area contributed by atoms with Crippen LogP contribution in [-0.2, 0) is 9.59 Å². The summed E-state index contributed by atoms with van der Waals surface area (Å²) in [6.45, 7) is 2.66. The molecule has 1 heterocycles. The van der Waals surface area contributed by atoms with Crippen LogP contribution < -0.4 is 4.74 Å². The van der Waals surface area contributed by atoms with Crippen LogP contribution in [0.25, 0.3) is 5.76 Å². The molecule has 1 atom stereocenters. The Kier molecular flexibility index (Phi) is 7.13. The number of aliphatic hydroxyl groups is 2. The van der Waals surface area contributed by atoms with Crippen molar-refractivity contribution >= 4 is 29.1 Å². The molecule has 2 N–H and O–H groups in total. The number of nitrogens with zero attached hydrogens (tertiary/aromatic N) is 1. The molecule has 1 unspecified atom stereocenters. The number of rotatable bonds is 8. The van der Waals surface area contributed by atoms with E-state index in [-0.39, 0.29) is 17.9 Å². The van der Waals surface area contributed by atoms with Crippen LogP contribution >= 0.6 is 11.6 Å². The molecule has 0 saturated carbocycles. The van der Waals surface area contributed by atoms with Crippen LogP contribution in [0.3, 0.4) is 0 Å². The van der Waals surface area contributed by atoms with Crippen molar-refractivity contribution in [1.82, 2.24) is 4.90 Å². The Hall–Kier alpha value is -2.83. The number of hydrogen-bond acceptors (Lipinski definition) is 5. The van der Waals surface area contributed by atoms with Gasteiger partial charge >= 0.3 is 0 Å². The number of Topliss-reactive ketones (excluding diaryl/α,β-unsaturated/α-hetero) is 1. The molecule has 1 saturated heterocycles. The number of likely N-dealkylation sites (tertiary alicyclic amines) is 1. The van der Waals surface area contributed by atoms with Gasteiger partial charge in [0.05, 0.1) is 18.2 Å². The monoisotopic (exact) mass is 429 g/mol. The highest BCUT2D eigenvalue weighted by molar-refractivity contribution is 6.46. The normalized spacial score (nSPS) is 18.1. The molecule has 0 bridgehead atoms. The summed E-state index contributed by atoms with van der Waals surface area (Å²) in [6, 6.07) is 12.9. The number of amides is 1. The first-order chi connectivity index (χ1) is 14.5. The molecule has 2 aromatic carbocycles. The molecule has 1 aliphatic heterocycles. The Morgan fingerprint density at radius 3 is 2.63 bits per heavy atom. The van der Waals surface area contributed by atoms with Gasteiger partial charge in [0.1, 0.15) is 11.5 Å². The molecule has 0 aromatic heterocycles. The number of hydrogen-bond donors (Lipinski definition) is 2. The smallest absolute Gasteiger partial charge is 0.295 e. The number of benzene rings is 2. The lowest BCUT2D eigenvalue weighted by Crippen LogP contribution is -2.30. The SMILES string of the molecule is CCCN1C(=O)C(=O)/C(=C(\O)c2cccc(Cl)c2)C1c1cccc(OCCCO)c1. The summed E-state index contributed by atoms with van der Waals surface area (Å²) in [6.07, 6.45) is 1.15. The Labute approximate surface area is 180 Å². The van der Waals surface area contributed by atoms with E-state index in [1.165, 1.54) is 4.90 Å². The average molecular weight is 430 g/mol. The first-order valence-electron chi connectivity index (χ1n) is 9.86. The number of carbonyl (C=O) groups excluding carboxylic acids is 2. The zero-order valence-electron chi connectivity index (χ0n) is 16.7. The van der Waals surface area contributed by atoms with Gasteiger partial charge in [-0.05, 0) is 36.2 Å². The maximum absolute atomic E-state index is 12.9. The Bertz CT molecular complexity index is 972. The first-order valence-corrected chi connectivity index (χ1v) is 10.2. The van der Waals surface area contributed by atoms with Crippen LogP contribution in [0.2, 0.25) is 5.02 Å². The van der Waals surface area contributed by atoms with E-state index in [1.807, 2.05) is 6.92 Å². The quantitative estimate of drug-likeness (QED) is 0.287. The van der Waals surface area contributed by atoms with Crippen LogP contribution in [-0.4, -0.2) is 46.6 Å². The zero-order valence-corrected chi connectivity index (χ0v) is 17.4. The Morgan fingerprint density at radius 2 is 1.93 bits per heavy atom. The van der Waals surface area contributed by atoms with Crippen LogP contribution in [0.5, 0.6) is 5.75 Å². The highest BCUT2D eigenvalue weighted by atomic mass is 35.5. The number of aliphatic hydroxyl groups excluding tert-OH is 2. The summed E-state index contributed by atoms with van der Waals surface area (Å²) in [5.41, 5.74) is 1.06. The van der Waals surface area contributed by atoms with Gasteiger partial charge < -0.3 is 19.8 Å². The van der Waals surface area contributed by atoms with Gasteiger partial charge in [-0.3, -0.25) is 9.59 Å². The van der Waals surface area contributed by atoms with Crippen molar-refractivity contribution in [2.75, 3.05) is 19.8 Å². The summed E-state index contributed by atoms with van der Waals surface area (Å²) in [4.78, 5) is 27.1. The summed E-state index contributed by atoms with van der Waals surface area (Å²) >= 11 is 6.04. The van der Waals surface area contributed by atoms with Gasteiger partial charge in [0, 0.05) is 30.2 Å². The molecule has 0 aliphatic carbocycles. The fourth-order valence-electron chi connectivity index (χ4n) is 3.52. The third-order valence-electron chi connectivity index (χ3n) is 4.85. The second-order valence-corrected chi connectivity index (χ2v) is 7.44. The van der Waals surface area contributed by atoms with Crippen molar-refractivity contribution in [2.24, 2.45) is 0 Å². The third-order valence-corrected chi connectivity index (χ3v) is 5.08. The van der Waals surface area contributed by atoms with Gasteiger partial charge in [-0.1, -0.05) is 42.8 Å². The fraction of sp³-hybridized carbons (Fsp3) is 0.304. The zero-order chi connectivity index (χ0) is 21.7. The second-order valence-electron chi connectivity index (χ2n) is 7.00. The Balaban J connectivity index is 2.09. The minimum absolute atomic E-state index is 0.0238. The van der Waals surface area contributed by atoms with E-state index >= 15 is 0 Å². The number of carbonyl (C=O) groups is 2. The molecular formula is C23H24ClNO5. The molecule has 158 valence electrons. The molecule has 6 nitrogen and oxygen atoms in total. The molecule has 1 aliphatic rings. The van der Waals surface area contributed by atoms with Gasteiger partial charge in [-0.2, -0.15) is 0 Å². The molecule has 0 radical (unpaired) electrons. The van der Waals surface area contributed by atoms with Crippen molar-refractivity contribution < 1.29 is 24.5 Å². The molecule has 2 aromatic rings. The third kappa shape index (κ3) is 4.50. The van der Waals surface area contributed by atoms with E-state index in [9.17, 15) is 14.7 Å². The predicted molar refractivity (Wildman–Crippen MR) is 114 cm³/mol. The van der Waals surface area contributed by atoms with E-state index < -0.39 is 17.7 Å². The first kappa shape index (κ1) is 21.9. The molecule has 3 rings (SSSR count). The van der Waals surface area contributed by atoms with Gasteiger partial charge in [-0.25, -0.2) is 0 Å². The standard InChI is InChI=1S/C23H24ClNO5/c1-2-10-25-20(15-6-4-9-18(14-15)30-12-5-11-26)19(22(28)23(25)29)21(27)16-7-3-8-17(24)13-16/h3-4,6-9,13-14,20,26-27H,2,5,10-12H2,1H3/b21-19-. The minimum atomic E-state index is -0.731. The maximum Gasteiger partial charge on any atom is 0.295 e. The van der Waals surface area contributed by atoms with Crippen molar-refractivity contribution in [2.45, 2.75) is 25.8 Å². The maximum atomic E-state index is 12.9. The van der Waals surface area contributed by atoms with Crippen LogP contribution in [0, 0.1) is 0 Å². The Morgan fingerprint density at radius 1 is 1.17 bits per heavy atom. The van der Waals surface area contributed by atoms with Gasteiger partial charge in [0.25, 0.3) is 11.7 Å². The highest BCUT2D eigenvalue weighted by Gasteiger charge is 2.45. The summed E-state index contributed by atoms with van der Waals surface area (Å²) < 4.78 is 5.65. The topological polar surface area (TPSA) is 87.1 Å². The van der Waals surface area contributed by atoms with Crippen molar-refractivity contribution in [3.63, 3.8) is 0 Å². The largest absolute Gasteiger partial charge is 0.507 e. The van der Waals surface area contributed by atoms with Crippen LogP contribution in [0.4, 0.5) is 0 Å². The molecular weight excluding hydrogens is 406 g/mol. The van der Waals surface area contributed by atoms with Gasteiger partial charge in [-0.15, -0.1) is 0 Å². The molecule has 7 heteroatoms. The average Bonchev–Trinajstić information content (AvgIpc) is 2.99. The van der Waals surface area contributed by atoms with E-state index in [1.54, 1.807) is 48.5 Å². The van der Waals surface area contributed by atoms with Crippen molar-refractivity contribution in [3.05, 3.63) is 70.3 Å².